The normalized spacial score (nSPS) is 27.9. The van der Waals surface area contributed by atoms with Crippen molar-refractivity contribution in [3.8, 4) is 0 Å². The van der Waals surface area contributed by atoms with Gasteiger partial charge in [0.05, 0.1) is 5.25 Å². The minimum Gasteiger partial charge on any atom is -0.318 e. The highest BCUT2D eigenvalue weighted by Gasteiger charge is 2.27. The summed E-state index contributed by atoms with van der Waals surface area (Å²) in [4.78, 5) is 0. The third-order valence-corrected chi connectivity index (χ3v) is 6.29. The molecule has 0 spiro atoms. The molecule has 0 aromatic rings. The van der Waals surface area contributed by atoms with E-state index in [9.17, 15) is 8.42 Å². The molecule has 0 aromatic heterocycles. The summed E-state index contributed by atoms with van der Waals surface area (Å²) in [5, 5.41) is 3.14. The van der Waals surface area contributed by atoms with Crippen LogP contribution in [0.3, 0.4) is 0 Å². The summed E-state index contributed by atoms with van der Waals surface area (Å²) in [7, 11) is -1.40. The molecule has 1 fully saturated rings. The molecule has 17 heavy (non-hydrogen) atoms. The van der Waals surface area contributed by atoms with Gasteiger partial charge in [-0.15, -0.1) is 0 Å². The van der Waals surface area contributed by atoms with Crippen molar-refractivity contribution in [3.63, 3.8) is 0 Å². The Bertz CT molecular complexity index is 319. The zero-order valence-corrected chi connectivity index (χ0v) is 12.5. The molecule has 0 amide bonds. The summed E-state index contributed by atoms with van der Waals surface area (Å²) >= 11 is 1.85. The van der Waals surface area contributed by atoms with Crippen LogP contribution in [-0.2, 0) is 10.0 Å². The molecule has 3 atom stereocenters. The Morgan fingerprint density at radius 1 is 1.41 bits per heavy atom. The monoisotopic (exact) mass is 280 g/mol. The lowest BCUT2D eigenvalue weighted by atomic mass is 9.96. The number of nitrogens with one attached hydrogen (secondary N) is 2. The minimum atomic E-state index is -3.18. The number of hydrogen-bond acceptors (Lipinski definition) is 4. The average Bonchev–Trinajstić information content (AvgIpc) is 2.29. The maximum atomic E-state index is 12.0. The number of thioether (sulfide) groups is 1. The van der Waals surface area contributed by atoms with Gasteiger partial charge in [-0.05, 0) is 39.5 Å². The molecule has 6 heteroatoms. The van der Waals surface area contributed by atoms with E-state index < -0.39 is 10.0 Å². The lowest BCUT2D eigenvalue weighted by molar-refractivity contribution is 0.418. The zero-order chi connectivity index (χ0) is 12.9. The van der Waals surface area contributed by atoms with Crippen molar-refractivity contribution in [2.45, 2.75) is 49.1 Å². The highest BCUT2D eigenvalue weighted by atomic mass is 32.2. The summed E-state index contributed by atoms with van der Waals surface area (Å²) in [6, 6.07) is 0.130. The Morgan fingerprint density at radius 2 is 2.12 bits per heavy atom. The molecule has 1 aliphatic carbocycles. The highest BCUT2D eigenvalue weighted by Crippen LogP contribution is 2.27. The second-order valence-electron chi connectivity index (χ2n) is 4.75. The minimum absolute atomic E-state index is 0.130. The molecule has 0 heterocycles. The standard InChI is InChI=1S/C11H24N2O2S2/c1-9(8-12-2)17(14,15)13-10-5-4-6-11(7-10)16-3/h9-13H,4-8H2,1-3H3. The van der Waals surface area contributed by atoms with Gasteiger partial charge in [-0.3, -0.25) is 0 Å². The third kappa shape index (κ3) is 4.77. The fourth-order valence-corrected chi connectivity index (χ4v) is 4.34. The quantitative estimate of drug-likeness (QED) is 0.767. The van der Waals surface area contributed by atoms with Crippen LogP contribution in [0.5, 0.6) is 0 Å². The van der Waals surface area contributed by atoms with Crippen LogP contribution >= 0.6 is 11.8 Å². The van der Waals surface area contributed by atoms with E-state index in [1.807, 2.05) is 11.8 Å². The number of sulfonamides is 1. The predicted octanol–water partition coefficient (Wildman–Crippen LogP) is 1.19. The van der Waals surface area contributed by atoms with E-state index in [2.05, 4.69) is 16.3 Å². The van der Waals surface area contributed by atoms with Gasteiger partial charge in [0.1, 0.15) is 0 Å². The summed E-state index contributed by atoms with van der Waals surface area (Å²) in [5.41, 5.74) is 0. The Labute approximate surface area is 109 Å². The highest BCUT2D eigenvalue weighted by molar-refractivity contribution is 7.99. The van der Waals surface area contributed by atoms with Crippen LogP contribution in [0, 0.1) is 0 Å². The first-order valence-corrected chi connectivity index (χ1v) is 9.01. The van der Waals surface area contributed by atoms with Gasteiger partial charge in [0, 0.05) is 17.8 Å². The lowest BCUT2D eigenvalue weighted by Gasteiger charge is -2.29. The molecule has 2 N–H and O–H groups in total. The average molecular weight is 280 g/mol. The first-order chi connectivity index (χ1) is 7.99. The molecule has 1 saturated carbocycles. The molecule has 0 aliphatic heterocycles. The van der Waals surface area contributed by atoms with Gasteiger partial charge in [-0.1, -0.05) is 6.42 Å². The molecule has 3 unspecified atom stereocenters. The van der Waals surface area contributed by atoms with Gasteiger partial charge in [0.25, 0.3) is 0 Å². The lowest BCUT2D eigenvalue weighted by Crippen LogP contribution is -2.45. The Kier molecular flexibility index (Phi) is 6.26. The molecule has 0 saturated heterocycles. The van der Waals surface area contributed by atoms with Crippen molar-refractivity contribution < 1.29 is 8.42 Å². The van der Waals surface area contributed by atoms with E-state index in [-0.39, 0.29) is 11.3 Å². The van der Waals surface area contributed by atoms with E-state index in [1.54, 1.807) is 14.0 Å². The third-order valence-electron chi connectivity index (χ3n) is 3.31. The molecule has 0 bridgehead atoms. The maximum absolute atomic E-state index is 12.0. The Hall–Kier alpha value is 0.220. The predicted molar refractivity (Wildman–Crippen MR) is 75.0 cm³/mol. The second-order valence-corrected chi connectivity index (χ2v) is 8.02. The van der Waals surface area contributed by atoms with E-state index >= 15 is 0 Å². The zero-order valence-electron chi connectivity index (χ0n) is 10.9. The Balaban J connectivity index is 2.52. The summed E-state index contributed by atoms with van der Waals surface area (Å²) < 4.78 is 26.9. The molecular formula is C11H24N2O2S2. The van der Waals surface area contributed by atoms with Crippen molar-refractivity contribution in [1.82, 2.24) is 10.0 Å². The van der Waals surface area contributed by atoms with Gasteiger partial charge < -0.3 is 5.32 Å². The van der Waals surface area contributed by atoms with E-state index in [4.69, 9.17) is 0 Å². The van der Waals surface area contributed by atoms with E-state index in [0.29, 0.717) is 11.8 Å². The fourth-order valence-electron chi connectivity index (χ4n) is 2.21. The van der Waals surface area contributed by atoms with Crippen molar-refractivity contribution in [1.29, 1.82) is 0 Å². The molecule has 1 aliphatic rings. The van der Waals surface area contributed by atoms with Crippen LogP contribution in [0.2, 0.25) is 0 Å². The maximum Gasteiger partial charge on any atom is 0.215 e. The number of hydrogen-bond donors (Lipinski definition) is 2. The van der Waals surface area contributed by atoms with Crippen LogP contribution in [-0.4, -0.2) is 44.8 Å². The van der Waals surface area contributed by atoms with Crippen LogP contribution in [0.4, 0.5) is 0 Å². The van der Waals surface area contributed by atoms with Crippen molar-refractivity contribution in [3.05, 3.63) is 0 Å². The van der Waals surface area contributed by atoms with E-state index in [1.165, 1.54) is 6.42 Å². The van der Waals surface area contributed by atoms with Crippen molar-refractivity contribution in [2.75, 3.05) is 19.8 Å². The molecule has 0 aromatic carbocycles. The molecule has 102 valence electrons. The van der Waals surface area contributed by atoms with Crippen molar-refractivity contribution >= 4 is 21.8 Å². The Morgan fingerprint density at radius 3 is 2.71 bits per heavy atom. The molecule has 1 rings (SSSR count). The van der Waals surface area contributed by atoms with Gasteiger partial charge in [0.2, 0.25) is 10.0 Å². The van der Waals surface area contributed by atoms with Crippen LogP contribution in [0.1, 0.15) is 32.6 Å². The topological polar surface area (TPSA) is 58.2 Å². The summed E-state index contributed by atoms with van der Waals surface area (Å²) in [6.45, 7) is 2.24. The SMILES string of the molecule is CNCC(C)S(=O)(=O)NC1CCCC(SC)C1. The molecular weight excluding hydrogens is 256 g/mol. The van der Waals surface area contributed by atoms with E-state index in [0.717, 1.165) is 19.3 Å². The number of rotatable bonds is 6. The van der Waals surface area contributed by atoms with Gasteiger partial charge in [0.15, 0.2) is 0 Å². The van der Waals surface area contributed by atoms with Gasteiger partial charge in [-0.2, -0.15) is 11.8 Å². The first-order valence-electron chi connectivity index (χ1n) is 6.18. The second kappa shape index (κ2) is 6.97. The molecule has 4 nitrogen and oxygen atoms in total. The summed E-state index contributed by atoms with van der Waals surface area (Å²) in [6.07, 6.45) is 6.38. The van der Waals surface area contributed by atoms with Gasteiger partial charge in [-0.25, -0.2) is 13.1 Å². The first kappa shape index (κ1) is 15.3. The largest absolute Gasteiger partial charge is 0.318 e. The fraction of sp³-hybridized carbons (Fsp3) is 1.00. The van der Waals surface area contributed by atoms with Crippen molar-refractivity contribution in [2.24, 2.45) is 0 Å². The van der Waals surface area contributed by atoms with Crippen LogP contribution in [0.15, 0.2) is 0 Å². The smallest absolute Gasteiger partial charge is 0.215 e. The van der Waals surface area contributed by atoms with Crippen LogP contribution in [0.25, 0.3) is 0 Å². The van der Waals surface area contributed by atoms with Gasteiger partial charge >= 0.3 is 0 Å². The summed E-state index contributed by atoms with van der Waals surface area (Å²) in [5.74, 6) is 0. The molecule has 0 radical (unpaired) electrons. The van der Waals surface area contributed by atoms with Crippen LogP contribution < -0.4 is 10.0 Å².